The molecule has 96 valence electrons. The molecule has 0 aliphatic heterocycles. The Morgan fingerprint density at radius 1 is 1.26 bits per heavy atom. The quantitative estimate of drug-likeness (QED) is 0.709. The van der Waals surface area contributed by atoms with Crippen molar-refractivity contribution in [2.24, 2.45) is 0 Å². The minimum absolute atomic E-state index is 0.501. The van der Waals surface area contributed by atoms with E-state index in [0.29, 0.717) is 23.1 Å². The van der Waals surface area contributed by atoms with Gasteiger partial charge in [0.15, 0.2) is 5.75 Å². The molecular weight excluding hydrogens is 242 g/mol. The molecule has 0 unspecified atom stereocenters. The van der Waals surface area contributed by atoms with E-state index in [0.717, 1.165) is 11.3 Å². The summed E-state index contributed by atoms with van der Waals surface area (Å²) in [7, 11) is 0. The lowest BCUT2D eigenvalue weighted by Gasteiger charge is -2.11. The van der Waals surface area contributed by atoms with Crippen molar-refractivity contribution in [2.45, 2.75) is 13.8 Å². The fourth-order valence-electron chi connectivity index (χ4n) is 1.83. The Hall–Kier alpha value is -2.63. The highest BCUT2D eigenvalue weighted by molar-refractivity contribution is 5.58. The second-order valence-corrected chi connectivity index (χ2v) is 4.30. The van der Waals surface area contributed by atoms with E-state index in [1.54, 1.807) is 6.07 Å². The fraction of sp³-hybridized carbons (Fsp3) is 0.154. The normalized spacial score (nSPS) is 10.8. The molecule has 6 nitrogen and oxygen atoms in total. The molecule has 2 aromatic heterocycles. The number of hydrogen-bond donors (Lipinski definition) is 1. The number of ether oxygens (including phenoxy) is 1. The van der Waals surface area contributed by atoms with Gasteiger partial charge in [0, 0.05) is 11.8 Å². The fourth-order valence-corrected chi connectivity index (χ4v) is 1.83. The first kappa shape index (κ1) is 11.5. The van der Waals surface area contributed by atoms with E-state index in [9.17, 15) is 0 Å². The van der Waals surface area contributed by atoms with Crippen LogP contribution < -0.4 is 10.5 Å². The predicted molar refractivity (Wildman–Crippen MR) is 71.2 cm³/mol. The number of nitrogens with zero attached hydrogens (tertiary/aromatic N) is 4. The molecule has 3 rings (SSSR count). The Morgan fingerprint density at radius 2 is 2.11 bits per heavy atom. The second-order valence-electron chi connectivity index (χ2n) is 4.30. The summed E-state index contributed by atoms with van der Waals surface area (Å²) in [5, 5.41) is 4.09. The van der Waals surface area contributed by atoms with Crippen molar-refractivity contribution < 1.29 is 4.74 Å². The molecule has 19 heavy (non-hydrogen) atoms. The summed E-state index contributed by atoms with van der Waals surface area (Å²) in [6.07, 6.45) is 1.44. The molecule has 0 aliphatic carbocycles. The maximum atomic E-state index is 6.00. The van der Waals surface area contributed by atoms with Crippen molar-refractivity contribution >= 4 is 11.5 Å². The van der Waals surface area contributed by atoms with Crippen LogP contribution in [0.4, 0.5) is 5.69 Å². The van der Waals surface area contributed by atoms with Crippen molar-refractivity contribution in [3.63, 3.8) is 0 Å². The van der Waals surface area contributed by atoms with Crippen LogP contribution in [0.5, 0.6) is 11.6 Å². The van der Waals surface area contributed by atoms with Crippen LogP contribution in [0.25, 0.3) is 5.78 Å². The minimum Gasteiger partial charge on any atom is -0.437 e. The number of fused-ring (bicyclic) bond motifs is 1. The van der Waals surface area contributed by atoms with E-state index in [-0.39, 0.29) is 0 Å². The van der Waals surface area contributed by atoms with Gasteiger partial charge < -0.3 is 10.5 Å². The monoisotopic (exact) mass is 255 g/mol. The first-order valence-corrected chi connectivity index (χ1v) is 5.85. The average Bonchev–Trinajstić information content (AvgIpc) is 2.83. The number of para-hydroxylation sites is 1. The Kier molecular flexibility index (Phi) is 2.56. The zero-order valence-electron chi connectivity index (χ0n) is 10.7. The molecule has 0 aliphatic rings. The molecule has 0 spiro atoms. The van der Waals surface area contributed by atoms with Crippen LogP contribution in [0.3, 0.4) is 0 Å². The molecule has 2 N–H and O–H groups in total. The van der Waals surface area contributed by atoms with Crippen LogP contribution in [-0.2, 0) is 0 Å². The summed E-state index contributed by atoms with van der Waals surface area (Å²) in [4.78, 5) is 8.31. The van der Waals surface area contributed by atoms with Gasteiger partial charge in [0.2, 0.25) is 5.88 Å². The van der Waals surface area contributed by atoms with Crippen LogP contribution in [0, 0.1) is 13.8 Å². The Morgan fingerprint density at radius 3 is 2.95 bits per heavy atom. The van der Waals surface area contributed by atoms with E-state index < -0.39 is 0 Å². The van der Waals surface area contributed by atoms with Gasteiger partial charge in [0.05, 0.1) is 5.69 Å². The highest BCUT2D eigenvalue weighted by atomic mass is 16.5. The van der Waals surface area contributed by atoms with Crippen LogP contribution in [0.2, 0.25) is 0 Å². The molecule has 0 saturated heterocycles. The van der Waals surface area contributed by atoms with E-state index in [1.165, 1.54) is 10.8 Å². The number of rotatable bonds is 2. The molecule has 0 bridgehead atoms. The molecule has 0 amide bonds. The Labute approximate surface area is 109 Å². The third-order valence-electron chi connectivity index (χ3n) is 2.85. The minimum atomic E-state index is 0.501. The number of anilines is 1. The maximum Gasteiger partial charge on any atom is 0.255 e. The summed E-state index contributed by atoms with van der Waals surface area (Å²) in [6.45, 7) is 3.81. The molecule has 1 aromatic carbocycles. The number of nitrogens with two attached hydrogens (primary N) is 1. The Bertz CT molecular complexity index is 750. The summed E-state index contributed by atoms with van der Waals surface area (Å²) in [5.41, 5.74) is 8.40. The van der Waals surface area contributed by atoms with E-state index in [2.05, 4.69) is 15.1 Å². The lowest BCUT2D eigenvalue weighted by Crippen LogP contribution is -2.01. The van der Waals surface area contributed by atoms with Gasteiger partial charge in [0.25, 0.3) is 5.78 Å². The summed E-state index contributed by atoms with van der Waals surface area (Å²) >= 11 is 0. The maximum absolute atomic E-state index is 6.00. The largest absolute Gasteiger partial charge is 0.437 e. The molecule has 0 atom stereocenters. The van der Waals surface area contributed by atoms with E-state index >= 15 is 0 Å². The van der Waals surface area contributed by atoms with Gasteiger partial charge in [-0.1, -0.05) is 12.1 Å². The van der Waals surface area contributed by atoms with Crippen molar-refractivity contribution in [1.29, 1.82) is 0 Å². The summed E-state index contributed by atoms with van der Waals surface area (Å²) in [5.74, 6) is 1.64. The number of hydrogen-bond acceptors (Lipinski definition) is 5. The standard InChI is InChI=1S/C13H13N5O/c1-8-4-3-5-10(12(8)14)19-11-6-9(2)17-13-15-7-16-18(11)13/h3-7H,14H2,1-2H3. The molecule has 6 heteroatoms. The van der Waals surface area contributed by atoms with Crippen LogP contribution in [0.15, 0.2) is 30.6 Å². The zero-order chi connectivity index (χ0) is 13.4. The first-order chi connectivity index (χ1) is 9.15. The highest BCUT2D eigenvalue weighted by Gasteiger charge is 2.10. The van der Waals surface area contributed by atoms with E-state index in [1.807, 2.05) is 32.0 Å². The topological polar surface area (TPSA) is 78.3 Å². The molecular formula is C13H13N5O. The number of aryl methyl sites for hydroxylation is 2. The average molecular weight is 255 g/mol. The van der Waals surface area contributed by atoms with Gasteiger partial charge in [-0.05, 0) is 25.5 Å². The number of nitrogen functional groups attached to an aromatic ring is 1. The molecule has 2 heterocycles. The molecule has 0 radical (unpaired) electrons. The van der Waals surface area contributed by atoms with Gasteiger partial charge in [-0.15, -0.1) is 0 Å². The lowest BCUT2D eigenvalue weighted by molar-refractivity contribution is 0.447. The number of benzene rings is 1. The van der Waals surface area contributed by atoms with Gasteiger partial charge in [0.1, 0.15) is 6.33 Å². The first-order valence-electron chi connectivity index (χ1n) is 5.85. The molecule has 3 aromatic rings. The van der Waals surface area contributed by atoms with Crippen LogP contribution >= 0.6 is 0 Å². The van der Waals surface area contributed by atoms with Gasteiger partial charge in [-0.25, -0.2) is 4.98 Å². The third kappa shape index (κ3) is 1.97. The molecule has 0 saturated carbocycles. The second kappa shape index (κ2) is 4.24. The van der Waals surface area contributed by atoms with Gasteiger partial charge >= 0.3 is 0 Å². The van der Waals surface area contributed by atoms with Crippen molar-refractivity contribution in [3.8, 4) is 11.6 Å². The smallest absolute Gasteiger partial charge is 0.255 e. The van der Waals surface area contributed by atoms with E-state index in [4.69, 9.17) is 10.5 Å². The Balaban J connectivity index is 2.10. The van der Waals surface area contributed by atoms with Gasteiger partial charge in [-0.2, -0.15) is 14.6 Å². The SMILES string of the molecule is Cc1cc(Oc2cccc(C)c2N)n2ncnc2n1. The zero-order valence-corrected chi connectivity index (χ0v) is 10.7. The van der Waals surface area contributed by atoms with Gasteiger partial charge in [-0.3, -0.25) is 0 Å². The van der Waals surface area contributed by atoms with Crippen LogP contribution in [-0.4, -0.2) is 19.6 Å². The van der Waals surface area contributed by atoms with Crippen LogP contribution in [0.1, 0.15) is 11.3 Å². The summed E-state index contributed by atoms with van der Waals surface area (Å²) < 4.78 is 7.37. The lowest BCUT2D eigenvalue weighted by atomic mass is 10.2. The molecule has 0 fully saturated rings. The predicted octanol–water partition coefficient (Wildman–Crippen LogP) is 2.12. The summed E-state index contributed by atoms with van der Waals surface area (Å²) in [6, 6.07) is 7.45. The van der Waals surface area contributed by atoms with Crippen molar-refractivity contribution in [3.05, 3.63) is 41.9 Å². The number of aromatic nitrogens is 4. The van der Waals surface area contributed by atoms with Crippen molar-refractivity contribution in [2.75, 3.05) is 5.73 Å². The van der Waals surface area contributed by atoms with Crippen molar-refractivity contribution in [1.82, 2.24) is 19.6 Å². The third-order valence-corrected chi connectivity index (χ3v) is 2.85. The highest BCUT2D eigenvalue weighted by Crippen LogP contribution is 2.29.